The predicted octanol–water partition coefficient (Wildman–Crippen LogP) is 4.82. The van der Waals surface area contributed by atoms with Gasteiger partial charge in [-0.3, -0.25) is 9.59 Å². The Morgan fingerprint density at radius 3 is 2.18 bits per heavy atom. The minimum atomic E-state index is -4.43. The van der Waals surface area contributed by atoms with Crippen LogP contribution in [0, 0.1) is 5.92 Å². The summed E-state index contributed by atoms with van der Waals surface area (Å²) in [5, 5.41) is 0. The fraction of sp³-hybridized carbons (Fsp3) is 0.462. The number of piperidine rings is 1. The molecule has 0 aliphatic carbocycles. The Bertz CT molecular complexity index is 1010. The zero-order valence-electron chi connectivity index (χ0n) is 19.4. The van der Waals surface area contributed by atoms with Gasteiger partial charge in [-0.2, -0.15) is 13.2 Å². The van der Waals surface area contributed by atoms with Crippen molar-refractivity contribution in [1.82, 2.24) is 9.80 Å². The largest absolute Gasteiger partial charge is 0.416 e. The summed E-state index contributed by atoms with van der Waals surface area (Å²) >= 11 is 0. The van der Waals surface area contributed by atoms with Crippen LogP contribution in [0.5, 0.6) is 0 Å². The molecule has 0 unspecified atom stereocenters. The molecule has 2 heterocycles. The first kappa shape index (κ1) is 24.1. The Kier molecular flexibility index (Phi) is 7.14. The van der Waals surface area contributed by atoms with Crippen LogP contribution in [-0.2, 0) is 17.5 Å². The van der Waals surface area contributed by atoms with E-state index in [0.717, 1.165) is 30.8 Å². The second-order valence-electron chi connectivity index (χ2n) is 9.16. The molecule has 0 bridgehead atoms. The van der Waals surface area contributed by atoms with Crippen LogP contribution in [0.3, 0.4) is 0 Å². The summed E-state index contributed by atoms with van der Waals surface area (Å²) in [6, 6.07) is 12.5. The molecule has 0 N–H and O–H groups in total. The minimum Gasteiger partial charge on any atom is -0.371 e. The molecule has 2 aliphatic heterocycles. The summed E-state index contributed by atoms with van der Waals surface area (Å²) in [6.45, 7) is 3.44. The molecule has 2 aromatic carbocycles. The van der Waals surface area contributed by atoms with Crippen LogP contribution >= 0.6 is 0 Å². The number of rotatable bonds is 5. The molecule has 2 aromatic rings. The number of likely N-dealkylation sites (tertiary alicyclic amines) is 1. The summed E-state index contributed by atoms with van der Waals surface area (Å²) in [7, 11) is 1.82. The molecule has 8 heteroatoms. The van der Waals surface area contributed by atoms with E-state index in [1.54, 1.807) is 9.80 Å². The van der Waals surface area contributed by atoms with Crippen molar-refractivity contribution in [2.24, 2.45) is 5.92 Å². The van der Waals surface area contributed by atoms with Crippen molar-refractivity contribution < 1.29 is 22.8 Å². The highest BCUT2D eigenvalue weighted by Gasteiger charge is 2.32. The van der Waals surface area contributed by atoms with E-state index in [-0.39, 0.29) is 23.3 Å². The van der Waals surface area contributed by atoms with Crippen LogP contribution in [0.1, 0.15) is 47.2 Å². The standard InChI is InChI=1S/C26H30F3N3O2/c1-30(18-21-6-2-3-7-23(21)31-14-4-5-15-31)24(33)20-12-16-32(17-13-20)25(34)19-8-10-22(11-9-19)26(27,28)29/h2-3,6-11,20H,4-5,12-18H2,1H3. The summed E-state index contributed by atoms with van der Waals surface area (Å²) in [4.78, 5) is 31.6. The molecule has 5 nitrogen and oxygen atoms in total. The quantitative estimate of drug-likeness (QED) is 0.626. The SMILES string of the molecule is CN(Cc1ccccc1N1CCCC1)C(=O)C1CCN(C(=O)c2ccc(C(F)(F)F)cc2)CC1. The van der Waals surface area contributed by atoms with Gasteiger partial charge in [0.15, 0.2) is 0 Å². The van der Waals surface area contributed by atoms with Gasteiger partial charge in [-0.05, 0) is 61.6 Å². The van der Waals surface area contributed by atoms with E-state index in [0.29, 0.717) is 32.5 Å². The molecule has 0 spiro atoms. The number of nitrogens with zero attached hydrogens (tertiary/aromatic N) is 3. The number of alkyl halides is 3. The minimum absolute atomic E-state index is 0.0675. The van der Waals surface area contributed by atoms with Gasteiger partial charge in [0.2, 0.25) is 5.91 Å². The van der Waals surface area contributed by atoms with Crippen LogP contribution in [0.2, 0.25) is 0 Å². The highest BCUT2D eigenvalue weighted by atomic mass is 19.4. The Hall–Kier alpha value is -3.03. The van der Waals surface area contributed by atoms with Crippen molar-refractivity contribution in [1.29, 1.82) is 0 Å². The van der Waals surface area contributed by atoms with Gasteiger partial charge in [0, 0.05) is 56.9 Å². The monoisotopic (exact) mass is 473 g/mol. The fourth-order valence-electron chi connectivity index (χ4n) is 4.87. The number of hydrogen-bond donors (Lipinski definition) is 0. The average molecular weight is 474 g/mol. The summed E-state index contributed by atoms with van der Waals surface area (Å²) in [5.74, 6) is -0.397. The first-order valence-electron chi connectivity index (χ1n) is 11.8. The van der Waals surface area contributed by atoms with E-state index >= 15 is 0 Å². The predicted molar refractivity (Wildman–Crippen MR) is 124 cm³/mol. The van der Waals surface area contributed by atoms with Gasteiger partial charge < -0.3 is 14.7 Å². The van der Waals surface area contributed by atoms with Crippen LogP contribution in [-0.4, -0.2) is 54.8 Å². The Morgan fingerprint density at radius 2 is 1.56 bits per heavy atom. The lowest BCUT2D eigenvalue weighted by molar-refractivity contribution is -0.137. The van der Waals surface area contributed by atoms with Gasteiger partial charge in [-0.15, -0.1) is 0 Å². The maximum atomic E-state index is 13.1. The fourth-order valence-corrected chi connectivity index (χ4v) is 4.87. The average Bonchev–Trinajstić information content (AvgIpc) is 3.38. The summed E-state index contributed by atoms with van der Waals surface area (Å²) in [6.07, 6.45) is -0.965. The Morgan fingerprint density at radius 1 is 0.941 bits per heavy atom. The van der Waals surface area contributed by atoms with Gasteiger partial charge in [-0.1, -0.05) is 18.2 Å². The van der Waals surface area contributed by atoms with E-state index in [1.165, 1.54) is 30.7 Å². The van der Waals surface area contributed by atoms with Crippen LogP contribution in [0.4, 0.5) is 18.9 Å². The van der Waals surface area contributed by atoms with Crippen molar-refractivity contribution in [3.05, 3.63) is 65.2 Å². The lowest BCUT2D eigenvalue weighted by Crippen LogP contribution is -2.43. The molecule has 0 radical (unpaired) electrons. The summed E-state index contributed by atoms with van der Waals surface area (Å²) < 4.78 is 38.3. The van der Waals surface area contributed by atoms with Crippen molar-refractivity contribution in [2.45, 2.75) is 38.4 Å². The van der Waals surface area contributed by atoms with E-state index in [1.807, 2.05) is 19.2 Å². The Labute approximate surface area is 198 Å². The molecule has 0 saturated carbocycles. The number of para-hydroxylation sites is 1. The van der Waals surface area contributed by atoms with Gasteiger partial charge in [0.25, 0.3) is 5.91 Å². The Balaban J connectivity index is 1.32. The van der Waals surface area contributed by atoms with Crippen molar-refractivity contribution in [2.75, 3.05) is 38.1 Å². The zero-order valence-corrected chi connectivity index (χ0v) is 19.4. The van der Waals surface area contributed by atoms with Crippen LogP contribution in [0.25, 0.3) is 0 Å². The number of benzene rings is 2. The third kappa shape index (κ3) is 5.37. The van der Waals surface area contributed by atoms with Crippen molar-refractivity contribution in [3.8, 4) is 0 Å². The highest BCUT2D eigenvalue weighted by Crippen LogP contribution is 2.30. The second kappa shape index (κ2) is 10.1. The molecule has 34 heavy (non-hydrogen) atoms. The molecule has 0 aromatic heterocycles. The number of anilines is 1. The van der Waals surface area contributed by atoms with Gasteiger partial charge in [-0.25, -0.2) is 0 Å². The second-order valence-corrected chi connectivity index (χ2v) is 9.16. The zero-order chi connectivity index (χ0) is 24.3. The van der Waals surface area contributed by atoms with E-state index < -0.39 is 11.7 Å². The molecule has 0 atom stereocenters. The van der Waals surface area contributed by atoms with Gasteiger partial charge >= 0.3 is 6.18 Å². The molecule has 2 fully saturated rings. The maximum absolute atomic E-state index is 13.1. The molecule has 2 aliphatic rings. The number of halogens is 3. The topological polar surface area (TPSA) is 43.9 Å². The first-order valence-corrected chi connectivity index (χ1v) is 11.8. The molecule has 182 valence electrons. The van der Waals surface area contributed by atoms with Crippen LogP contribution < -0.4 is 4.90 Å². The van der Waals surface area contributed by atoms with Gasteiger partial charge in [0.1, 0.15) is 0 Å². The van der Waals surface area contributed by atoms with Gasteiger partial charge in [0.05, 0.1) is 5.56 Å². The van der Waals surface area contributed by atoms with Crippen molar-refractivity contribution >= 4 is 17.5 Å². The molecule has 4 rings (SSSR count). The molecule has 2 amide bonds. The van der Waals surface area contributed by atoms with Crippen molar-refractivity contribution in [3.63, 3.8) is 0 Å². The molecular weight excluding hydrogens is 443 g/mol. The molecular formula is C26H30F3N3O2. The smallest absolute Gasteiger partial charge is 0.371 e. The molecule has 2 saturated heterocycles. The third-order valence-electron chi connectivity index (χ3n) is 6.81. The number of carbonyl (C=O) groups is 2. The number of amides is 2. The third-order valence-corrected chi connectivity index (χ3v) is 6.81. The normalized spacial score (nSPS) is 17.2. The van der Waals surface area contributed by atoms with E-state index in [9.17, 15) is 22.8 Å². The number of carbonyl (C=O) groups excluding carboxylic acids is 2. The first-order chi connectivity index (χ1) is 16.2. The number of hydrogen-bond acceptors (Lipinski definition) is 3. The van der Waals surface area contributed by atoms with E-state index in [2.05, 4.69) is 17.0 Å². The highest BCUT2D eigenvalue weighted by molar-refractivity contribution is 5.94. The maximum Gasteiger partial charge on any atom is 0.416 e. The lowest BCUT2D eigenvalue weighted by Gasteiger charge is -2.33. The summed E-state index contributed by atoms with van der Waals surface area (Å²) in [5.41, 5.74) is 1.78. The lowest BCUT2D eigenvalue weighted by atomic mass is 9.94. The van der Waals surface area contributed by atoms with Crippen LogP contribution in [0.15, 0.2) is 48.5 Å². The van der Waals surface area contributed by atoms with E-state index in [4.69, 9.17) is 0 Å².